The van der Waals surface area contributed by atoms with Crippen molar-refractivity contribution in [1.29, 1.82) is 0 Å². The molecule has 7 nitrogen and oxygen atoms in total. The largest absolute Gasteiger partial charge is 0.375 e. The summed E-state index contributed by atoms with van der Waals surface area (Å²) in [6.45, 7) is 4.15. The Morgan fingerprint density at radius 2 is 1.90 bits per heavy atom. The quantitative estimate of drug-likeness (QED) is 0.433. The number of hydrogen-bond donors (Lipinski definition) is 3. The van der Waals surface area contributed by atoms with Crippen molar-refractivity contribution in [3.05, 3.63) is 54.1 Å². The van der Waals surface area contributed by atoms with Gasteiger partial charge in [0.1, 0.15) is 5.72 Å². The third kappa shape index (κ3) is 4.81. The predicted octanol–water partition coefficient (Wildman–Crippen LogP) is 2.81. The van der Waals surface area contributed by atoms with Gasteiger partial charge in [-0.25, -0.2) is 13.4 Å². The molecular weight excluding hydrogens is 420 g/mol. The summed E-state index contributed by atoms with van der Waals surface area (Å²) in [4.78, 5) is 4.29. The molecule has 9 heteroatoms. The Hall–Kier alpha value is -2.04. The van der Waals surface area contributed by atoms with E-state index in [4.69, 9.17) is 11.5 Å². The number of nitrogen functional groups attached to an aromatic ring is 1. The molecular formula is C21H28N4O3S2. The highest BCUT2D eigenvalue weighted by atomic mass is 32.2. The number of hydrogen-bond acceptors (Lipinski definition) is 7. The second-order valence-electron chi connectivity index (χ2n) is 7.80. The van der Waals surface area contributed by atoms with E-state index < -0.39 is 15.7 Å². The number of thiazole rings is 1. The standard InChI is InChI=1S/C21H28N4O3S2/c1-15(2)14-25(21(26,10-11-22)13-16-6-4-3-5-7-16)30(27,28)17-8-9-18-19(12-17)29-20(23)24-18/h3-9,12,15,26H,10-11,13-14,22H2,1-2H3,(H2,23,24). The van der Waals surface area contributed by atoms with Crippen LogP contribution in [0.3, 0.4) is 0 Å². The number of anilines is 1. The van der Waals surface area contributed by atoms with Crippen molar-refractivity contribution in [3.8, 4) is 0 Å². The van der Waals surface area contributed by atoms with E-state index in [0.29, 0.717) is 15.3 Å². The number of rotatable bonds is 9. The number of nitrogens with two attached hydrogens (primary N) is 2. The fraction of sp³-hybridized carbons (Fsp3) is 0.381. The molecule has 3 aromatic rings. The van der Waals surface area contributed by atoms with Gasteiger partial charge in [-0.1, -0.05) is 55.5 Å². The van der Waals surface area contributed by atoms with Gasteiger partial charge in [0.15, 0.2) is 5.13 Å². The number of aliphatic hydroxyl groups is 1. The van der Waals surface area contributed by atoms with Crippen LogP contribution in [0.15, 0.2) is 53.4 Å². The Kier molecular flexibility index (Phi) is 6.78. The highest BCUT2D eigenvalue weighted by Gasteiger charge is 2.42. The molecule has 0 aliphatic rings. The van der Waals surface area contributed by atoms with Crippen molar-refractivity contribution in [2.75, 3.05) is 18.8 Å². The van der Waals surface area contributed by atoms with Crippen LogP contribution < -0.4 is 11.5 Å². The van der Waals surface area contributed by atoms with Crippen LogP contribution >= 0.6 is 11.3 Å². The summed E-state index contributed by atoms with van der Waals surface area (Å²) in [6, 6.07) is 14.1. The molecule has 2 aromatic carbocycles. The molecule has 30 heavy (non-hydrogen) atoms. The molecule has 162 valence electrons. The van der Waals surface area contributed by atoms with Crippen molar-refractivity contribution in [1.82, 2.24) is 9.29 Å². The van der Waals surface area contributed by atoms with E-state index in [9.17, 15) is 13.5 Å². The van der Waals surface area contributed by atoms with E-state index in [1.165, 1.54) is 21.7 Å². The van der Waals surface area contributed by atoms with Gasteiger partial charge in [-0.2, -0.15) is 4.31 Å². The van der Waals surface area contributed by atoms with Gasteiger partial charge < -0.3 is 16.6 Å². The van der Waals surface area contributed by atoms with Gasteiger partial charge >= 0.3 is 0 Å². The van der Waals surface area contributed by atoms with Crippen LogP contribution in [-0.2, 0) is 16.4 Å². The maximum atomic E-state index is 13.7. The van der Waals surface area contributed by atoms with Gasteiger partial charge in [0.2, 0.25) is 10.0 Å². The van der Waals surface area contributed by atoms with E-state index in [2.05, 4.69) is 4.98 Å². The molecule has 0 aliphatic carbocycles. The fourth-order valence-electron chi connectivity index (χ4n) is 3.49. The zero-order chi connectivity index (χ0) is 21.9. The lowest BCUT2D eigenvalue weighted by atomic mass is 9.98. The number of aromatic nitrogens is 1. The average Bonchev–Trinajstić information content (AvgIpc) is 3.06. The molecule has 1 atom stereocenters. The van der Waals surface area contributed by atoms with Crippen molar-refractivity contribution in [3.63, 3.8) is 0 Å². The second-order valence-corrected chi connectivity index (χ2v) is 10.7. The summed E-state index contributed by atoms with van der Waals surface area (Å²) < 4.78 is 29.3. The Morgan fingerprint density at radius 3 is 2.53 bits per heavy atom. The van der Waals surface area contributed by atoms with Gasteiger partial charge in [0.05, 0.1) is 15.1 Å². The molecule has 5 N–H and O–H groups in total. The first-order valence-corrected chi connectivity index (χ1v) is 12.1. The molecule has 1 heterocycles. The van der Waals surface area contributed by atoms with Gasteiger partial charge in [-0.05, 0) is 36.2 Å². The molecule has 1 aromatic heterocycles. The lowest BCUT2D eigenvalue weighted by Gasteiger charge is -2.40. The maximum Gasteiger partial charge on any atom is 0.245 e. The van der Waals surface area contributed by atoms with Crippen LogP contribution in [-0.4, -0.2) is 41.6 Å². The first-order valence-electron chi connectivity index (χ1n) is 9.81. The Balaban J connectivity index is 2.08. The number of sulfonamides is 1. The van der Waals surface area contributed by atoms with Crippen LogP contribution in [0.5, 0.6) is 0 Å². The van der Waals surface area contributed by atoms with Crippen molar-refractivity contribution < 1.29 is 13.5 Å². The van der Waals surface area contributed by atoms with E-state index in [1.807, 2.05) is 44.2 Å². The molecule has 0 radical (unpaired) electrons. The highest BCUT2D eigenvalue weighted by molar-refractivity contribution is 7.89. The number of nitrogens with zero attached hydrogens (tertiary/aromatic N) is 2. The van der Waals surface area contributed by atoms with Crippen LogP contribution in [0, 0.1) is 5.92 Å². The number of fused-ring (bicyclic) bond motifs is 1. The van der Waals surface area contributed by atoms with Crippen LogP contribution in [0.1, 0.15) is 25.8 Å². The van der Waals surface area contributed by atoms with Crippen molar-refractivity contribution in [2.45, 2.75) is 37.3 Å². The summed E-state index contributed by atoms with van der Waals surface area (Å²) >= 11 is 1.23. The van der Waals surface area contributed by atoms with Crippen molar-refractivity contribution >= 4 is 36.7 Å². The topological polar surface area (TPSA) is 123 Å². The number of benzene rings is 2. The maximum absolute atomic E-state index is 13.7. The molecule has 1 unspecified atom stereocenters. The molecule has 3 rings (SSSR count). The lowest BCUT2D eigenvalue weighted by Crippen LogP contribution is -2.55. The van der Waals surface area contributed by atoms with Gasteiger partial charge in [-0.3, -0.25) is 0 Å². The van der Waals surface area contributed by atoms with Crippen LogP contribution in [0.4, 0.5) is 5.13 Å². The molecule has 0 saturated heterocycles. The lowest BCUT2D eigenvalue weighted by molar-refractivity contribution is -0.0690. The van der Waals surface area contributed by atoms with E-state index in [-0.39, 0.29) is 36.7 Å². The monoisotopic (exact) mass is 448 g/mol. The van der Waals surface area contributed by atoms with Gasteiger partial charge in [0, 0.05) is 19.4 Å². The average molecular weight is 449 g/mol. The molecule has 0 spiro atoms. The van der Waals surface area contributed by atoms with Crippen molar-refractivity contribution in [2.24, 2.45) is 11.7 Å². The fourth-order valence-corrected chi connectivity index (χ4v) is 6.20. The summed E-state index contributed by atoms with van der Waals surface area (Å²) in [7, 11) is -4.01. The van der Waals surface area contributed by atoms with E-state index in [0.717, 1.165) is 5.56 Å². The van der Waals surface area contributed by atoms with Crippen LogP contribution in [0.2, 0.25) is 0 Å². The Morgan fingerprint density at radius 1 is 1.20 bits per heavy atom. The molecule has 0 fully saturated rings. The summed E-state index contributed by atoms with van der Waals surface area (Å²) in [5.74, 6) is 0.00243. The minimum absolute atomic E-state index is 0.00243. The third-order valence-electron chi connectivity index (χ3n) is 4.83. The highest BCUT2D eigenvalue weighted by Crippen LogP contribution is 2.33. The third-order valence-corrected chi connectivity index (χ3v) is 7.60. The Bertz CT molecular complexity index is 1100. The Labute approximate surface area is 181 Å². The normalized spacial score (nSPS) is 14.5. The summed E-state index contributed by atoms with van der Waals surface area (Å²) in [5.41, 5.74) is 11.4. The summed E-state index contributed by atoms with van der Waals surface area (Å²) in [6.07, 6.45) is 0.260. The smallest absolute Gasteiger partial charge is 0.245 e. The first-order chi connectivity index (χ1) is 14.2. The zero-order valence-corrected chi connectivity index (χ0v) is 18.8. The van der Waals surface area contributed by atoms with E-state index in [1.54, 1.807) is 12.1 Å². The minimum Gasteiger partial charge on any atom is -0.375 e. The van der Waals surface area contributed by atoms with Crippen LogP contribution in [0.25, 0.3) is 10.2 Å². The van der Waals surface area contributed by atoms with E-state index >= 15 is 0 Å². The summed E-state index contributed by atoms with van der Waals surface area (Å²) in [5, 5.41) is 12.0. The molecule has 0 saturated carbocycles. The second kappa shape index (κ2) is 8.99. The minimum atomic E-state index is -4.01. The predicted molar refractivity (Wildman–Crippen MR) is 122 cm³/mol. The zero-order valence-electron chi connectivity index (χ0n) is 17.2. The van der Waals surface area contributed by atoms with Gasteiger partial charge in [-0.15, -0.1) is 0 Å². The molecule has 0 aliphatic heterocycles. The SMILES string of the molecule is CC(C)CN(C(O)(CCN)Cc1ccccc1)S(=O)(=O)c1ccc2nc(N)sc2c1. The van der Waals surface area contributed by atoms with Gasteiger partial charge in [0.25, 0.3) is 0 Å². The first kappa shape index (κ1) is 22.6. The molecule has 0 bridgehead atoms. The molecule has 0 amide bonds.